The number of amides is 1. The van der Waals surface area contributed by atoms with E-state index in [1.165, 1.54) is 5.69 Å². The lowest BCUT2D eigenvalue weighted by Gasteiger charge is -2.21. The molecule has 7 heteroatoms. The summed E-state index contributed by atoms with van der Waals surface area (Å²) in [7, 11) is 0. The van der Waals surface area contributed by atoms with Crippen LogP contribution in [0.15, 0.2) is 54.9 Å². The van der Waals surface area contributed by atoms with E-state index in [1.54, 1.807) is 25.4 Å². The van der Waals surface area contributed by atoms with Crippen molar-refractivity contribution >= 4 is 23.1 Å². The Labute approximate surface area is 171 Å². The fourth-order valence-electron chi connectivity index (χ4n) is 3.02. The van der Waals surface area contributed by atoms with Crippen molar-refractivity contribution in [2.45, 2.75) is 27.3 Å². The van der Waals surface area contributed by atoms with Gasteiger partial charge in [0, 0.05) is 49.5 Å². The second kappa shape index (κ2) is 9.64. The SMILES string of the molecule is CCN(CC)c1ccc(Nc2cc(C(=O)NCc3cccnc3)nc(C)n2)cc1. The summed E-state index contributed by atoms with van der Waals surface area (Å²) in [5.74, 6) is 0.861. The van der Waals surface area contributed by atoms with Gasteiger partial charge in [-0.3, -0.25) is 9.78 Å². The number of nitrogens with one attached hydrogen (secondary N) is 2. The summed E-state index contributed by atoms with van der Waals surface area (Å²) in [4.78, 5) is 27.5. The van der Waals surface area contributed by atoms with Crippen LogP contribution in [0.5, 0.6) is 0 Å². The first-order valence-corrected chi connectivity index (χ1v) is 9.74. The van der Waals surface area contributed by atoms with Gasteiger partial charge in [0.05, 0.1) is 0 Å². The average molecular weight is 390 g/mol. The van der Waals surface area contributed by atoms with Crippen LogP contribution >= 0.6 is 0 Å². The molecule has 0 fully saturated rings. The highest BCUT2D eigenvalue weighted by Crippen LogP contribution is 2.20. The molecule has 150 valence electrons. The van der Waals surface area contributed by atoms with Crippen LogP contribution in [0.1, 0.15) is 35.7 Å². The Morgan fingerprint density at radius 2 is 1.83 bits per heavy atom. The standard InChI is InChI=1S/C22H26N6O/c1-4-28(5-2)19-10-8-18(9-11-19)27-21-13-20(25-16(3)26-21)22(29)24-15-17-7-6-12-23-14-17/h6-14H,4-5,15H2,1-3H3,(H,24,29)(H,25,26,27). The molecule has 0 aliphatic heterocycles. The van der Waals surface area contributed by atoms with E-state index in [0.717, 1.165) is 24.3 Å². The van der Waals surface area contributed by atoms with Gasteiger partial charge in [-0.1, -0.05) is 6.07 Å². The Bertz CT molecular complexity index is 939. The molecule has 0 radical (unpaired) electrons. The average Bonchev–Trinajstić information content (AvgIpc) is 2.74. The number of pyridine rings is 1. The zero-order valence-corrected chi connectivity index (χ0v) is 17.0. The van der Waals surface area contributed by atoms with Crippen molar-refractivity contribution in [3.05, 3.63) is 71.9 Å². The van der Waals surface area contributed by atoms with Crippen molar-refractivity contribution in [3.63, 3.8) is 0 Å². The normalized spacial score (nSPS) is 10.4. The summed E-state index contributed by atoms with van der Waals surface area (Å²) in [6, 6.07) is 13.6. The van der Waals surface area contributed by atoms with Gasteiger partial charge in [-0.2, -0.15) is 0 Å². The summed E-state index contributed by atoms with van der Waals surface area (Å²) in [5, 5.41) is 6.12. The molecule has 2 N–H and O–H groups in total. The van der Waals surface area contributed by atoms with Crippen molar-refractivity contribution in [1.29, 1.82) is 0 Å². The summed E-state index contributed by atoms with van der Waals surface area (Å²) in [5.41, 5.74) is 3.33. The van der Waals surface area contributed by atoms with Crippen molar-refractivity contribution in [1.82, 2.24) is 20.3 Å². The van der Waals surface area contributed by atoms with E-state index in [2.05, 4.69) is 56.5 Å². The smallest absolute Gasteiger partial charge is 0.270 e. The number of nitrogens with zero attached hydrogens (tertiary/aromatic N) is 4. The van der Waals surface area contributed by atoms with Gasteiger partial charge in [0.15, 0.2) is 0 Å². The molecule has 2 aromatic heterocycles. The Balaban J connectivity index is 1.69. The molecular weight excluding hydrogens is 364 g/mol. The lowest BCUT2D eigenvalue weighted by molar-refractivity contribution is 0.0945. The maximum Gasteiger partial charge on any atom is 0.270 e. The summed E-state index contributed by atoms with van der Waals surface area (Å²) in [6.07, 6.45) is 3.42. The fraction of sp³-hybridized carbons (Fsp3) is 0.273. The van der Waals surface area contributed by atoms with E-state index >= 15 is 0 Å². The number of carbonyl (C=O) groups excluding carboxylic acids is 1. The van der Waals surface area contributed by atoms with Crippen LogP contribution in [0.2, 0.25) is 0 Å². The number of aryl methyl sites for hydroxylation is 1. The van der Waals surface area contributed by atoms with Gasteiger partial charge in [0.1, 0.15) is 17.3 Å². The zero-order valence-electron chi connectivity index (χ0n) is 17.0. The molecule has 0 bridgehead atoms. The molecule has 2 heterocycles. The Hall–Kier alpha value is -3.48. The van der Waals surface area contributed by atoms with Gasteiger partial charge in [-0.05, 0) is 56.7 Å². The third-order valence-electron chi connectivity index (χ3n) is 4.51. The predicted octanol–water partition coefficient (Wildman–Crippen LogP) is 3.70. The molecule has 7 nitrogen and oxygen atoms in total. The molecule has 3 rings (SSSR count). The van der Waals surface area contributed by atoms with E-state index in [1.807, 2.05) is 24.3 Å². The summed E-state index contributed by atoms with van der Waals surface area (Å²) < 4.78 is 0. The van der Waals surface area contributed by atoms with Crippen LogP contribution in [-0.2, 0) is 6.54 Å². The monoisotopic (exact) mass is 390 g/mol. The zero-order chi connectivity index (χ0) is 20.6. The summed E-state index contributed by atoms with van der Waals surface area (Å²) in [6.45, 7) is 8.37. The Morgan fingerprint density at radius 3 is 2.48 bits per heavy atom. The van der Waals surface area contributed by atoms with Crippen molar-refractivity contribution < 1.29 is 4.79 Å². The molecular formula is C22H26N6O. The van der Waals surface area contributed by atoms with Crippen LogP contribution in [0.25, 0.3) is 0 Å². The second-order valence-electron chi connectivity index (χ2n) is 6.57. The third kappa shape index (κ3) is 5.51. The molecule has 29 heavy (non-hydrogen) atoms. The van der Waals surface area contributed by atoms with E-state index < -0.39 is 0 Å². The number of anilines is 3. The first-order valence-electron chi connectivity index (χ1n) is 9.74. The number of benzene rings is 1. The van der Waals surface area contributed by atoms with Crippen LogP contribution in [-0.4, -0.2) is 33.9 Å². The topological polar surface area (TPSA) is 83.0 Å². The van der Waals surface area contributed by atoms with Crippen molar-refractivity contribution in [2.75, 3.05) is 23.3 Å². The number of carbonyl (C=O) groups is 1. The number of hydrogen-bond acceptors (Lipinski definition) is 6. The Morgan fingerprint density at radius 1 is 1.07 bits per heavy atom. The molecule has 0 unspecified atom stereocenters. The molecule has 1 aromatic carbocycles. The predicted molar refractivity (Wildman–Crippen MR) is 115 cm³/mol. The lowest BCUT2D eigenvalue weighted by atomic mass is 10.2. The highest BCUT2D eigenvalue weighted by atomic mass is 16.1. The van der Waals surface area contributed by atoms with Crippen molar-refractivity contribution in [3.8, 4) is 0 Å². The van der Waals surface area contributed by atoms with E-state index in [9.17, 15) is 4.79 Å². The van der Waals surface area contributed by atoms with Crippen LogP contribution in [0.4, 0.5) is 17.2 Å². The quantitative estimate of drug-likeness (QED) is 0.610. The minimum absolute atomic E-state index is 0.251. The molecule has 1 amide bonds. The second-order valence-corrected chi connectivity index (χ2v) is 6.57. The van der Waals surface area contributed by atoms with E-state index in [0.29, 0.717) is 23.9 Å². The molecule has 0 aliphatic carbocycles. The number of hydrogen-bond donors (Lipinski definition) is 2. The molecule has 0 saturated heterocycles. The molecule has 3 aromatic rings. The van der Waals surface area contributed by atoms with Gasteiger partial charge in [0.25, 0.3) is 5.91 Å². The maximum atomic E-state index is 12.5. The minimum Gasteiger partial charge on any atom is -0.372 e. The van der Waals surface area contributed by atoms with Gasteiger partial charge in [-0.15, -0.1) is 0 Å². The first kappa shape index (κ1) is 20.3. The minimum atomic E-state index is -0.251. The highest BCUT2D eigenvalue weighted by Gasteiger charge is 2.11. The lowest BCUT2D eigenvalue weighted by Crippen LogP contribution is -2.24. The van der Waals surface area contributed by atoms with Gasteiger partial charge in [-0.25, -0.2) is 9.97 Å². The Kier molecular flexibility index (Phi) is 6.73. The van der Waals surface area contributed by atoms with Gasteiger partial charge >= 0.3 is 0 Å². The van der Waals surface area contributed by atoms with Gasteiger partial charge < -0.3 is 15.5 Å². The largest absolute Gasteiger partial charge is 0.372 e. The molecule has 0 spiro atoms. The fourth-order valence-corrected chi connectivity index (χ4v) is 3.02. The maximum absolute atomic E-state index is 12.5. The third-order valence-corrected chi connectivity index (χ3v) is 4.51. The van der Waals surface area contributed by atoms with Crippen LogP contribution < -0.4 is 15.5 Å². The number of rotatable bonds is 8. The van der Waals surface area contributed by atoms with Crippen LogP contribution in [0.3, 0.4) is 0 Å². The van der Waals surface area contributed by atoms with E-state index in [4.69, 9.17) is 0 Å². The number of aromatic nitrogens is 3. The molecule has 0 atom stereocenters. The molecule has 0 aliphatic rings. The summed E-state index contributed by atoms with van der Waals surface area (Å²) >= 11 is 0. The van der Waals surface area contributed by atoms with E-state index in [-0.39, 0.29) is 5.91 Å². The van der Waals surface area contributed by atoms with Gasteiger partial charge in [0.2, 0.25) is 0 Å². The van der Waals surface area contributed by atoms with Crippen LogP contribution in [0, 0.1) is 6.92 Å². The highest BCUT2D eigenvalue weighted by molar-refractivity contribution is 5.93. The van der Waals surface area contributed by atoms with Crippen molar-refractivity contribution in [2.24, 2.45) is 0 Å². The first-order chi connectivity index (χ1) is 14.1. The molecule has 0 saturated carbocycles.